The van der Waals surface area contributed by atoms with Gasteiger partial charge in [-0.2, -0.15) is 43.9 Å². The Kier molecular flexibility index (Phi) is 3.47. The first-order chi connectivity index (χ1) is 6.65. The fraction of sp³-hybridized carbons (Fsp3) is 0.800. The van der Waals surface area contributed by atoms with Crippen molar-refractivity contribution in [3.05, 3.63) is 6.10 Å². The van der Waals surface area contributed by atoms with Crippen molar-refractivity contribution in [2.45, 2.75) is 24.2 Å². The molecule has 0 aromatic heterocycles. The molecule has 11 heteroatoms. The third-order valence-corrected chi connectivity index (χ3v) is 1.31. The molecule has 0 aliphatic rings. The van der Waals surface area contributed by atoms with Crippen LogP contribution >= 0.6 is 0 Å². The summed E-state index contributed by atoms with van der Waals surface area (Å²) in [6.45, 7) is 0. The maximum atomic E-state index is 12.0. The summed E-state index contributed by atoms with van der Waals surface area (Å²) in [5.41, 5.74) is 0. The van der Waals surface area contributed by atoms with Crippen LogP contribution in [0.15, 0.2) is 0 Å². The maximum absolute atomic E-state index is 12.0. The van der Waals surface area contributed by atoms with E-state index in [2.05, 4.69) is 0 Å². The van der Waals surface area contributed by atoms with Crippen molar-refractivity contribution >= 4 is 0 Å². The number of halogens is 10. The molecule has 0 bridgehead atoms. The van der Waals surface area contributed by atoms with E-state index in [-0.39, 0.29) is 0 Å². The molecule has 0 aromatic rings. The van der Waals surface area contributed by atoms with Crippen molar-refractivity contribution < 1.29 is 49.0 Å². The summed E-state index contributed by atoms with van der Waals surface area (Å²) < 4.78 is 116. The molecule has 0 aromatic carbocycles. The van der Waals surface area contributed by atoms with Gasteiger partial charge in [0, 0.05) is 0 Å². The normalized spacial score (nSPS) is 15.8. The van der Waals surface area contributed by atoms with Gasteiger partial charge in [0.05, 0.1) is 0 Å². The molecule has 0 saturated heterocycles. The number of alkyl halides is 10. The Hall–Kier alpha value is -0.740. The third-order valence-electron chi connectivity index (χ3n) is 1.31. The summed E-state index contributed by atoms with van der Waals surface area (Å²) in [6, 6.07) is 0. The molecule has 0 atom stereocenters. The highest BCUT2D eigenvalue weighted by Gasteiger charge is 2.77. The van der Waals surface area contributed by atoms with E-state index >= 15 is 0 Å². The summed E-state index contributed by atoms with van der Waals surface area (Å²) in [7, 11) is 0. The Morgan fingerprint density at radius 3 is 0.875 bits per heavy atom. The quantitative estimate of drug-likeness (QED) is 0.761. The highest BCUT2D eigenvalue weighted by molar-refractivity contribution is 5.10. The smallest absolute Gasteiger partial charge is 0.375 e. The van der Waals surface area contributed by atoms with E-state index in [9.17, 15) is 43.9 Å². The van der Waals surface area contributed by atoms with Gasteiger partial charge in [0.25, 0.3) is 6.10 Å². The van der Waals surface area contributed by atoms with Crippen molar-refractivity contribution in [2.24, 2.45) is 0 Å². The minimum absolute atomic E-state index is 4.31. The first-order valence-electron chi connectivity index (χ1n) is 3.11. The molecular weight excluding hydrogens is 266 g/mol. The second kappa shape index (κ2) is 3.64. The number of hydrogen-bond acceptors (Lipinski definition) is 1. The number of aliphatic hydroxyl groups is 1. The van der Waals surface area contributed by atoms with E-state index in [1.165, 1.54) is 0 Å². The minimum atomic E-state index is -6.76. The molecule has 0 saturated carbocycles. The molecule has 1 N–H and O–H groups in total. The zero-order chi connectivity index (χ0) is 13.6. The van der Waals surface area contributed by atoms with Crippen LogP contribution in [0, 0.1) is 6.10 Å². The van der Waals surface area contributed by atoms with E-state index in [0.29, 0.717) is 0 Å². The van der Waals surface area contributed by atoms with Crippen molar-refractivity contribution in [2.75, 3.05) is 0 Å². The topological polar surface area (TPSA) is 20.2 Å². The number of hydrogen-bond donors (Lipinski definition) is 1. The summed E-state index contributed by atoms with van der Waals surface area (Å²) >= 11 is 0. The van der Waals surface area contributed by atoms with Crippen LogP contribution in [0.2, 0.25) is 0 Å². The van der Waals surface area contributed by atoms with Crippen LogP contribution in [-0.4, -0.2) is 29.3 Å². The highest BCUT2D eigenvalue weighted by atomic mass is 19.4. The standard InChI is InChI=1S/C5HF10O/c6-2(7,4(10,11)12)1(16)3(8,9)5(13,14)15/h16H. The van der Waals surface area contributed by atoms with Crippen molar-refractivity contribution in [1.82, 2.24) is 0 Å². The van der Waals surface area contributed by atoms with Gasteiger partial charge in [-0.1, -0.05) is 0 Å². The van der Waals surface area contributed by atoms with Crippen LogP contribution in [0.25, 0.3) is 0 Å². The lowest BCUT2D eigenvalue weighted by molar-refractivity contribution is -0.348. The summed E-state index contributed by atoms with van der Waals surface area (Å²) in [4.78, 5) is 0. The first kappa shape index (κ1) is 15.3. The second-order valence-electron chi connectivity index (χ2n) is 2.49. The fourth-order valence-corrected chi connectivity index (χ4v) is 0.466. The SMILES string of the molecule is O[C](C(F)(F)C(F)(F)F)C(F)(F)C(F)(F)F. The van der Waals surface area contributed by atoms with E-state index in [0.717, 1.165) is 0 Å². The Balaban J connectivity index is 5.30. The Bertz CT molecular complexity index is 223. The Morgan fingerprint density at radius 1 is 0.562 bits per heavy atom. The summed E-state index contributed by atoms with van der Waals surface area (Å²) in [5, 5.41) is 7.75. The molecular formula is C5HF10O. The molecule has 1 radical (unpaired) electrons. The molecule has 0 amide bonds. The maximum Gasteiger partial charge on any atom is 0.456 e. The van der Waals surface area contributed by atoms with Crippen LogP contribution in [0.3, 0.4) is 0 Å². The minimum Gasteiger partial charge on any atom is -0.375 e. The zero-order valence-corrected chi connectivity index (χ0v) is 6.73. The predicted octanol–water partition coefficient (Wildman–Crippen LogP) is 3.29. The zero-order valence-electron chi connectivity index (χ0n) is 6.73. The molecule has 0 aliphatic heterocycles. The molecule has 0 aliphatic carbocycles. The van der Waals surface area contributed by atoms with Crippen molar-refractivity contribution in [3.8, 4) is 0 Å². The van der Waals surface area contributed by atoms with Gasteiger partial charge in [-0.05, 0) is 0 Å². The lowest BCUT2D eigenvalue weighted by atomic mass is 10.1. The van der Waals surface area contributed by atoms with Crippen LogP contribution < -0.4 is 0 Å². The molecule has 97 valence electrons. The molecule has 16 heavy (non-hydrogen) atoms. The van der Waals surface area contributed by atoms with Crippen LogP contribution in [-0.2, 0) is 0 Å². The molecule has 0 unspecified atom stereocenters. The largest absolute Gasteiger partial charge is 0.456 e. The molecule has 0 spiro atoms. The predicted molar refractivity (Wildman–Crippen MR) is 27.2 cm³/mol. The molecule has 0 heterocycles. The monoisotopic (exact) mass is 267 g/mol. The van der Waals surface area contributed by atoms with Gasteiger partial charge in [0.2, 0.25) is 0 Å². The summed E-state index contributed by atoms with van der Waals surface area (Å²) in [6.07, 6.45) is -17.8. The van der Waals surface area contributed by atoms with Gasteiger partial charge in [-0.3, -0.25) is 0 Å². The Labute approximate surface area is 80.6 Å². The van der Waals surface area contributed by atoms with Gasteiger partial charge in [-0.15, -0.1) is 0 Å². The molecule has 0 fully saturated rings. The van der Waals surface area contributed by atoms with Gasteiger partial charge in [-0.25, -0.2) is 0 Å². The van der Waals surface area contributed by atoms with Gasteiger partial charge in [0.15, 0.2) is 0 Å². The van der Waals surface area contributed by atoms with E-state index < -0.39 is 30.3 Å². The summed E-state index contributed by atoms with van der Waals surface area (Å²) in [5.74, 6) is -13.3. The third kappa shape index (κ3) is 2.33. The highest BCUT2D eigenvalue weighted by Crippen LogP contribution is 2.52. The van der Waals surface area contributed by atoms with E-state index in [1.807, 2.05) is 0 Å². The van der Waals surface area contributed by atoms with E-state index in [1.54, 1.807) is 0 Å². The molecule has 1 nitrogen and oxygen atoms in total. The lowest BCUT2D eigenvalue weighted by Gasteiger charge is -2.30. The fourth-order valence-electron chi connectivity index (χ4n) is 0.466. The van der Waals surface area contributed by atoms with Gasteiger partial charge >= 0.3 is 24.2 Å². The van der Waals surface area contributed by atoms with E-state index in [4.69, 9.17) is 5.11 Å². The molecule has 0 rings (SSSR count). The number of aliphatic hydroxyl groups excluding tert-OH is 1. The average molecular weight is 267 g/mol. The van der Waals surface area contributed by atoms with Crippen molar-refractivity contribution in [1.29, 1.82) is 0 Å². The average Bonchev–Trinajstić information content (AvgIpc) is 1.98. The van der Waals surface area contributed by atoms with Gasteiger partial charge in [0.1, 0.15) is 0 Å². The van der Waals surface area contributed by atoms with Crippen molar-refractivity contribution in [3.63, 3.8) is 0 Å². The first-order valence-corrected chi connectivity index (χ1v) is 3.11. The van der Waals surface area contributed by atoms with Crippen LogP contribution in [0.4, 0.5) is 43.9 Å². The van der Waals surface area contributed by atoms with Gasteiger partial charge < -0.3 is 5.11 Å². The second-order valence-corrected chi connectivity index (χ2v) is 2.49. The van der Waals surface area contributed by atoms with Crippen LogP contribution in [0.5, 0.6) is 0 Å². The van der Waals surface area contributed by atoms with Crippen LogP contribution in [0.1, 0.15) is 0 Å². The lowest BCUT2D eigenvalue weighted by Crippen LogP contribution is -2.54. The number of rotatable bonds is 2. The Morgan fingerprint density at radius 2 is 0.750 bits per heavy atom.